The van der Waals surface area contributed by atoms with Gasteiger partial charge in [-0.1, -0.05) is 47.6 Å². The first-order valence-electron chi connectivity index (χ1n) is 8.26. The van der Waals surface area contributed by atoms with E-state index in [0.717, 1.165) is 31.3 Å². The highest BCUT2D eigenvalue weighted by molar-refractivity contribution is 7.16. The molecule has 0 saturated heterocycles. The number of hydrogen-bond acceptors (Lipinski definition) is 1. The summed E-state index contributed by atoms with van der Waals surface area (Å²) in [6.07, 6.45) is 6.08. The third-order valence-electron chi connectivity index (χ3n) is 5.17. The minimum Gasteiger partial charge on any atom is -0.362 e. The van der Waals surface area contributed by atoms with Crippen molar-refractivity contribution < 1.29 is 9.58 Å². The van der Waals surface area contributed by atoms with Crippen molar-refractivity contribution in [3.63, 3.8) is 0 Å². The van der Waals surface area contributed by atoms with Gasteiger partial charge in [-0.3, -0.25) is 4.79 Å². The molecule has 0 atom stereocenters. The molecule has 0 aromatic carbocycles. The molecule has 1 rings (SSSR count). The zero-order valence-electron chi connectivity index (χ0n) is 14.4. The van der Waals surface area contributed by atoms with Gasteiger partial charge in [0.25, 0.3) is 5.78 Å². The van der Waals surface area contributed by atoms with Gasteiger partial charge in [-0.15, -0.1) is 0 Å². The van der Waals surface area contributed by atoms with E-state index in [1.807, 2.05) is 0 Å². The molecule has 0 bridgehead atoms. The van der Waals surface area contributed by atoms with E-state index in [9.17, 15) is 10.3 Å². The summed E-state index contributed by atoms with van der Waals surface area (Å²) in [6, 6.07) is 0. The van der Waals surface area contributed by atoms with Crippen LogP contribution in [0, 0.1) is 0 Å². The van der Waals surface area contributed by atoms with Crippen LogP contribution < -0.4 is 0 Å². The van der Waals surface area contributed by atoms with Crippen molar-refractivity contribution in [1.82, 2.24) is 0 Å². The molecule has 0 fully saturated rings. The topological polar surface area (TPSA) is 53.5 Å². The Kier molecular flexibility index (Phi) is 6.30. The minimum atomic E-state index is -2.19. The first-order chi connectivity index (χ1) is 9.79. The van der Waals surface area contributed by atoms with Crippen molar-refractivity contribution in [3.8, 4) is 0 Å². The lowest BCUT2D eigenvalue weighted by molar-refractivity contribution is -0.113. The molecule has 0 saturated carbocycles. The Morgan fingerprint density at radius 1 is 1.10 bits per heavy atom. The van der Waals surface area contributed by atoms with Crippen LogP contribution in [0.25, 0.3) is 5.53 Å². The van der Waals surface area contributed by atoms with Crippen molar-refractivity contribution in [2.45, 2.75) is 83.8 Å². The highest BCUT2D eigenvalue weighted by Crippen LogP contribution is 2.42. The smallest absolute Gasteiger partial charge is 0.305 e. The van der Waals surface area contributed by atoms with Crippen LogP contribution in [0.3, 0.4) is 0 Å². The molecule has 3 nitrogen and oxygen atoms in total. The lowest BCUT2D eigenvalue weighted by atomic mass is 9.97. The summed E-state index contributed by atoms with van der Waals surface area (Å²) in [5.74, 6) is 0.0139. The van der Waals surface area contributed by atoms with Crippen molar-refractivity contribution in [3.05, 3.63) is 17.2 Å². The molecule has 0 unspecified atom stereocenters. The second kappa shape index (κ2) is 7.32. The third kappa shape index (κ3) is 3.27. The normalized spacial score (nSPS) is 16.1. The van der Waals surface area contributed by atoms with E-state index in [-0.39, 0.29) is 5.78 Å². The van der Waals surface area contributed by atoms with Crippen LogP contribution in [0.5, 0.6) is 0 Å². The van der Waals surface area contributed by atoms with Crippen LogP contribution in [0.4, 0.5) is 0 Å². The van der Waals surface area contributed by atoms with Crippen LogP contribution in [0.15, 0.2) is 11.6 Å². The third-order valence-corrected chi connectivity index (χ3v) is 12.1. The molecule has 0 spiro atoms. The quantitative estimate of drug-likeness (QED) is 0.296. The Morgan fingerprint density at radius 3 is 1.95 bits per heavy atom. The average Bonchev–Trinajstić information content (AvgIpc) is 2.43. The van der Waals surface area contributed by atoms with Gasteiger partial charge < -0.3 is 5.53 Å². The summed E-state index contributed by atoms with van der Waals surface area (Å²) < 4.78 is 0. The predicted molar refractivity (Wildman–Crippen MR) is 91.2 cm³/mol. The van der Waals surface area contributed by atoms with Crippen molar-refractivity contribution in [2.24, 2.45) is 0 Å². The molecule has 0 aromatic heterocycles. The number of nitrogens with zero attached hydrogens (tertiary/aromatic N) is 2. The number of carbonyl (C=O) groups excluding carboxylic acids is 1. The van der Waals surface area contributed by atoms with Gasteiger partial charge in [0.15, 0.2) is 0 Å². The van der Waals surface area contributed by atoms with Crippen LogP contribution in [0.2, 0.25) is 16.6 Å². The van der Waals surface area contributed by atoms with Gasteiger partial charge in [0.1, 0.15) is 0 Å². The molecule has 0 radical (unpaired) electrons. The molecule has 0 aliphatic heterocycles. The van der Waals surface area contributed by atoms with Gasteiger partial charge in [0.2, 0.25) is 8.07 Å². The van der Waals surface area contributed by atoms with E-state index < -0.39 is 8.07 Å². The maximum Gasteiger partial charge on any atom is 0.305 e. The second-order valence-electron chi connectivity index (χ2n) is 7.15. The number of hydrogen-bond donors (Lipinski definition) is 0. The van der Waals surface area contributed by atoms with Crippen LogP contribution in [-0.2, 0) is 4.79 Å². The molecule has 21 heavy (non-hydrogen) atoms. The zero-order chi connectivity index (χ0) is 16.2. The molecule has 0 aromatic rings. The van der Waals surface area contributed by atoms with E-state index in [2.05, 4.69) is 52.4 Å². The van der Waals surface area contributed by atoms with E-state index in [1.54, 1.807) is 0 Å². The maximum atomic E-state index is 13.0. The predicted octanol–water partition coefficient (Wildman–Crippen LogP) is 4.94. The molecule has 0 heterocycles. The van der Waals surface area contributed by atoms with Crippen molar-refractivity contribution in [1.29, 1.82) is 0 Å². The lowest BCUT2D eigenvalue weighted by Crippen LogP contribution is -2.56. The van der Waals surface area contributed by atoms with Gasteiger partial charge in [-0.2, -0.15) is 4.79 Å². The molecule has 1 aliphatic carbocycles. The number of carbonyl (C=O) groups is 1. The summed E-state index contributed by atoms with van der Waals surface area (Å²) in [5.41, 5.74) is 11.7. The first-order valence-corrected chi connectivity index (χ1v) is 10.5. The van der Waals surface area contributed by atoms with Crippen molar-refractivity contribution >= 4 is 19.2 Å². The fourth-order valence-corrected chi connectivity index (χ4v) is 10.7. The van der Waals surface area contributed by atoms with E-state index in [1.165, 1.54) is 0 Å². The molecule has 118 valence electrons. The molecular weight excluding hydrogens is 276 g/mol. The van der Waals surface area contributed by atoms with E-state index in [0.29, 0.717) is 22.0 Å². The molecule has 0 N–H and O–H groups in total. The molecular formula is C17H30N2OSi. The Balaban J connectivity index is 3.36. The van der Waals surface area contributed by atoms with Crippen LogP contribution in [0.1, 0.15) is 67.2 Å². The Hall–Kier alpha value is -0.993. The number of allylic oxidation sites excluding steroid dienone is 2. The van der Waals surface area contributed by atoms with E-state index in [4.69, 9.17) is 0 Å². The van der Waals surface area contributed by atoms with Gasteiger partial charge in [-0.25, -0.2) is 0 Å². The second-order valence-corrected chi connectivity index (χ2v) is 13.0. The molecule has 1 aliphatic rings. The fraction of sp³-hybridized carbons (Fsp3) is 0.765. The Morgan fingerprint density at radius 2 is 1.62 bits per heavy atom. The summed E-state index contributed by atoms with van der Waals surface area (Å²) >= 11 is 0. The maximum absolute atomic E-state index is 13.0. The highest BCUT2D eigenvalue weighted by Gasteiger charge is 2.56. The van der Waals surface area contributed by atoms with Gasteiger partial charge in [0, 0.05) is 5.57 Å². The Bertz CT molecular complexity index is 449. The van der Waals surface area contributed by atoms with Crippen molar-refractivity contribution in [2.75, 3.05) is 0 Å². The SMILES string of the molecule is CC(C)[Si](C(=[N+]=[N-])C(=O)C1=CCCCC1)(C(C)C)C(C)C. The largest absolute Gasteiger partial charge is 0.362 e. The summed E-state index contributed by atoms with van der Waals surface area (Å²) in [7, 11) is -2.19. The number of rotatable bonds is 6. The van der Waals surface area contributed by atoms with Crippen LogP contribution >= 0.6 is 0 Å². The Labute approximate surface area is 130 Å². The number of Topliss-reactive ketones (excluding diaryl/α,β-unsaturated/α-hetero) is 1. The van der Waals surface area contributed by atoms with Gasteiger partial charge in [0.05, 0.1) is 0 Å². The van der Waals surface area contributed by atoms with E-state index >= 15 is 0 Å². The first kappa shape index (κ1) is 18.1. The van der Waals surface area contributed by atoms with Crippen LogP contribution in [-0.4, -0.2) is 24.0 Å². The average molecular weight is 307 g/mol. The molecule has 4 heteroatoms. The standard InChI is InChI=1S/C17H30N2OSi/c1-12(2)21(13(3)4,14(5)6)17(19-18)16(20)15-10-8-7-9-11-15/h10,12-14H,7-9,11H2,1-6H3. The fourth-order valence-electron chi connectivity index (χ4n) is 4.35. The summed E-state index contributed by atoms with van der Waals surface area (Å²) in [6.45, 7) is 13.1. The summed E-state index contributed by atoms with van der Waals surface area (Å²) in [4.78, 5) is 16.6. The van der Waals surface area contributed by atoms with Gasteiger partial charge in [-0.05, 0) is 42.3 Å². The van der Waals surface area contributed by atoms with Gasteiger partial charge >= 0.3 is 5.33 Å². The monoisotopic (exact) mass is 306 g/mol. The number of ketones is 1. The lowest BCUT2D eigenvalue weighted by Gasteiger charge is -2.37. The minimum absolute atomic E-state index is 0.0139. The summed E-state index contributed by atoms with van der Waals surface area (Å²) in [5, 5.41) is 0.496. The molecule has 0 amide bonds. The zero-order valence-corrected chi connectivity index (χ0v) is 15.4. The highest BCUT2D eigenvalue weighted by atomic mass is 28.3.